The third-order valence-electron chi connectivity index (χ3n) is 4.48. The maximum atomic E-state index is 4.55. The summed E-state index contributed by atoms with van der Waals surface area (Å²) in [5.74, 6) is 0.428. The molecule has 0 saturated heterocycles. The van der Waals surface area contributed by atoms with Crippen molar-refractivity contribution in [2.24, 2.45) is 10.2 Å². The summed E-state index contributed by atoms with van der Waals surface area (Å²) < 4.78 is 0. The molecular formula is C18H18N4. The van der Waals surface area contributed by atoms with E-state index in [4.69, 9.17) is 0 Å². The number of rotatable bonds is 1. The van der Waals surface area contributed by atoms with E-state index in [-0.39, 0.29) is 11.8 Å². The van der Waals surface area contributed by atoms with Crippen molar-refractivity contribution in [1.82, 2.24) is 0 Å². The first-order valence-corrected chi connectivity index (χ1v) is 7.49. The molecule has 0 fully saturated rings. The van der Waals surface area contributed by atoms with Gasteiger partial charge in [-0.3, -0.25) is 10.0 Å². The lowest BCUT2D eigenvalue weighted by Crippen LogP contribution is -2.28. The molecule has 2 aromatic carbocycles. The fourth-order valence-corrected chi connectivity index (χ4v) is 3.33. The molecule has 110 valence electrons. The maximum absolute atomic E-state index is 4.55. The van der Waals surface area contributed by atoms with Crippen LogP contribution in [0.3, 0.4) is 0 Å². The molecule has 0 aliphatic carbocycles. The Morgan fingerprint density at radius 1 is 0.682 bits per heavy atom. The van der Waals surface area contributed by atoms with Gasteiger partial charge in [-0.1, -0.05) is 36.4 Å². The summed E-state index contributed by atoms with van der Waals surface area (Å²) in [4.78, 5) is 0. The molecule has 2 aliphatic rings. The predicted molar refractivity (Wildman–Crippen MR) is 92.2 cm³/mol. The molecule has 0 amide bonds. The van der Waals surface area contributed by atoms with Gasteiger partial charge >= 0.3 is 0 Å². The molecule has 4 heteroatoms. The molecule has 0 saturated carbocycles. The minimum atomic E-state index is 0.214. The van der Waals surface area contributed by atoms with Crippen molar-refractivity contribution in [2.75, 3.05) is 24.1 Å². The molecule has 2 unspecified atom stereocenters. The summed E-state index contributed by atoms with van der Waals surface area (Å²) in [6.45, 7) is 0. The van der Waals surface area contributed by atoms with Gasteiger partial charge in [-0.15, -0.1) is 0 Å². The molecule has 2 heterocycles. The van der Waals surface area contributed by atoms with Crippen LogP contribution >= 0.6 is 0 Å². The highest BCUT2D eigenvalue weighted by molar-refractivity contribution is 5.88. The molecule has 22 heavy (non-hydrogen) atoms. The molecule has 4 rings (SSSR count). The fourth-order valence-electron chi connectivity index (χ4n) is 3.33. The summed E-state index contributed by atoms with van der Waals surface area (Å²) in [6.07, 6.45) is 4.09. The van der Waals surface area contributed by atoms with E-state index in [1.54, 1.807) is 0 Å². The maximum Gasteiger partial charge on any atom is 0.0629 e. The average molecular weight is 290 g/mol. The second-order valence-corrected chi connectivity index (χ2v) is 5.75. The second kappa shape index (κ2) is 4.98. The van der Waals surface area contributed by atoms with Gasteiger partial charge in [-0.05, 0) is 23.3 Å². The lowest BCUT2D eigenvalue weighted by molar-refractivity contribution is 0.774. The largest absolute Gasteiger partial charge is 0.269 e. The quantitative estimate of drug-likeness (QED) is 0.806. The van der Waals surface area contributed by atoms with Gasteiger partial charge in [0.25, 0.3) is 0 Å². The monoisotopic (exact) mass is 290 g/mol. The van der Waals surface area contributed by atoms with Crippen LogP contribution in [0.15, 0.2) is 58.7 Å². The van der Waals surface area contributed by atoms with Crippen LogP contribution in [0.5, 0.6) is 0 Å². The van der Waals surface area contributed by atoms with Crippen molar-refractivity contribution >= 4 is 23.8 Å². The molecular weight excluding hydrogens is 272 g/mol. The Bertz CT molecular complexity index is 700. The van der Waals surface area contributed by atoms with E-state index in [0.717, 1.165) is 0 Å². The van der Waals surface area contributed by atoms with Crippen LogP contribution in [0.1, 0.15) is 23.0 Å². The second-order valence-electron chi connectivity index (χ2n) is 5.75. The lowest BCUT2D eigenvalue weighted by atomic mass is 9.80. The van der Waals surface area contributed by atoms with Gasteiger partial charge in [0.05, 0.1) is 11.4 Å². The molecule has 0 radical (unpaired) electrons. The van der Waals surface area contributed by atoms with Crippen molar-refractivity contribution in [3.05, 3.63) is 59.7 Å². The van der Waals surface area contributed by atoms with Crippen molar-refractivity contribution in [1.29, 1.82) is 0 Å². The Morgan fingerprint density at radius 3 is 1.55 bits per heavy atom. The van der Waals surface area contributed by atoms with Gasteiger partial charge in [0.15, 0.2) is 0 Å². The number of hydrogen-bond donors (Lipinski definition) is 0. The van der Waals surface area contributed by atoms with Gasteiger partial charge in [-0.2, -0.15) is 10.2 Å². The molecule has 0 N–H and O–H groups in total. The first-order valence-electron chi connectivity index (χ1n) is 7.49. The number of anilines is 2. The molecule has 0 bridgehead atoms. The van der Waals surface area contributed by atoms with Crippen LogP contribution < -0.4 is 10.0 Å². The van der Waals surface area contributed by atoms with Gasteiger partial charge in [0.1, 0.15) is 0 Å². The number of fused-ring (bicyclic) bond motifs is 2. The van der Waals surface area contributed by atoms with Crippen LogP contribution in [0.2, 0.25) is 0 Å². The van der Waals surface area contributed by atoms with Crippen molar-refractivity contribution in [3.8, 4) is 0 Å². The van der Waals surface area contributed by atoms with Crippen LogP contribution in [-0.2, 0) is 0 Å². The van der Waals surface area contributed by atoms with E-state index in [9.17, 15) is 0 Å². The summed E-state index contributed by atoms with van der Waals surface area (Å²) in [5, 5.41) is 13.0. The summed E-state index contributed by atoms with van der Waals surface area (Å²) in [5.41, 5.74) is 4.94. The predicted octanol–water partition coefficient (Wildman–Crippen LogP) is 3.43. The number of hydrazone groups is 2. The van der Waals surface area contributed by atoms with E-state index in [1.807, 2.05) is 36.5 Å². The van der Waals surface area contributed by atoms with Crippen molar-refractivity contribution < 1.29 is 0 Å². The Kier molecular flexibility index (Phi) is 2.96. The lowest BCUT2D eigenvalue weighted by Gasteiger charge is -2.34. The first-order chi connectivity index (χ1) is 10.8. The van der Waals surface area contributed by atoms with Gasteiger partial charge in [0.2, 0.25) is 0 Å². The van der Waals surface area contributed by atoms with Crippen LogP contribution in [0.4, 0.5) is 11.4 Å². The Morgan fingerprint density at radius 2 is 1.09 bits per heavy atom. The minimum absolute atomic E-state index is 0.214. The highest BCUT2D eigenvalue weighted by atomic mass is 15.4. The zero-order chi connectivity index (χ0) is 15.1. The number of para-hydroxylation sites is 2. The van der Waals surface area contributed by atoms with Gasteiger partial charge in [0, 0.05) is 38.4 Å². The third-order valence-corrected chi connectivity index (χ3v) is 4.48. The molecule has 2 atom stereocenters. The SMILES string of the molecule is CN1N=CC(C2C=NN(C)c3ccccc32)c2ccccc21. The van der Waals surface area contributed by atoms with Crippen LogP contribution in [0, 0.1) is 0 Å². The van der Waals surface area contributed by atoms with E-state index < -0.39 is 0 Å². The molecule has 4 nitrogen and oxygen atoms in total. The zero-order valence-electron chi connectivity index (χ0n) is 12.7. The summed E-state index contributed by atoms with van der Waals surface area (Å²) >= 11 is 0. The van der Waals surface area contributed by atoms with Crippen LogP contribution in [0.25, 0.3) is 0 Å². The average Bonchev–Trinajstić information content (AvgIpc) is 2.57. The first kappa shape index (κ1) is 13.1. The Labute approximate surface area is 130 Å². The van der Waals surface area contributed by atoms with E-state index in [0.29, 0.717) is 0 Å². The topological polar surface area (TPSA) is 31.2 Å². The third kappa shape index (κ3) is 1.91. The molecule has 0 spiro atoms. The highest BCUT2D eigenvalue weighted by Crippen LogP contribution is 2.42. The molecule has 2 aromatic rings. The highest BCUT2D eigenvalue weighted by Gasteiger charge is 2.31. The minimum Gasteiger partial charge on any atom is -0.269 e. The fraction of sp³-hybridized carbons (Fsp3) is 0.222. The van der Waals surface area contributed by atoms with Crippen molar-refractivity contribution in [3.63, 3.8) is 0 Å². The smallest absolute Gasteiger partial charge is 0.0629 e. The number of benzene rings is 2. The number of hydrogen-bond acceptors (Lipinski definition) is 4. The normalized spacial score (nSPS) is 22.5. The van der Waals surface area contributed by atoms with E-state index in [2.05, 4.69) is 58.7 Å². The van der Waals surface area contributed by atoms with Gasteiger partial charge in [-0.25, -0.2) is 0 Å². The molecule has 0 aromatic heterocycles. The summed E-state index contributed by atoms with van der Waals surface area (Å²) in [7, 11) is 3.98. The van der Waals surface area contributed by atoms with E-state index >= 15 is 0 Å². The van der Waals surface area contributed by atoms with Crippen LogP contribution in [-0.4, -0.2) is 26.5 Å². The zero-order valence-corrected chi connectivity index (χ0v) is 12.7. The molecule has 2 aliphatic heterocycles. The number of nitrogens with zero attached hydrogens (tertiary/aromatic N) is 4. The van der Waals surface area contributed by atoms with Gasteiger partial charge < -0.3 is 0 Å². The summed E-state index contributed by atoms with van der Waals surface area (Å²) in [6, 6.07) is 16.9. The Hall–Kier alpha value is -2.62. The Balaban J connectivity index is 1.83. The van der Waals surface area contributed by atoms with E-state index in [1.165, 1.54) is 22.5 Å². The standard InChI is InChI=1S/C18H18N4/c1-21-17-9-5-3-7-13(17)15(11-19-21)16-12-20-22(2)18-10-6-4-8-14(16)18/h3-12,15-16H,1-2H3. The van der Waals surface area contributed by atoms with Crippen molar-refractivity contribution in [2.45, 2.75) is 11.8 Å².